The van der Waals surface area contributed by atoms with Crippen LogP contribution in [0.2, 0.25) is 5.02 Å². The van der Waals surface area contributed by atoms with Crippen molar-refractivity contribution in [2.45, 2.75) is 25.8 Å². The number of hydrogen-bond donors (Lipinski definition) is 1. The molecule has 21 heavy (non-hydrogen) atoms. The Morgan fingerprint density at radius 1 is 1.24 bits per heavy atom. The average molecular weight is 308 g/mol. The van der Waals surface area contributed by atoms with Gasteiger partial charge in [0.15, 0.2) is 0 Å². The van der Waals surface area contributed by atoms with Crippen molar-refractivity contribution in [3.8, 4) is 0 Å². The minimum atomic E-state index is -0.997. The molecule has 0 aliphatic heterocycles. The van der Waals surface area contributed by atoms with Crippen molar-refractivity contribution < 1.29 is 14.7 Å². The summed E-state index contributed by atoms with van der Waals surface area (Å²) in [6, 6.07) is 7.10. The minimum Gasteiger partial charge on any atom is -0.480 e. The monoisotopic (exact) mass is 307 g/mol. The smallest absolute Gasteiger partial charge is 0.323 e. The van der Waals surface area contributed by atoms with Gasteiger partial charge < -0.3 is 10.0 Å². The Kier molecular flexibility index (Phi) is 5.39. The van der Waals surface area contributed by atoms with E-state index in [0.29, 0.717) is 18.0 Å². The van der Waals surface area contributed by atoms with E-state index in [1.807, 2.05) is 18.2 Å². The second-order valence-electron chi connectivity index (χ2n) is 5.20. The molecule has 0 aromatic heterocycles. The predicted octanol–water partition coefficient (Wildman–Crippen LogP) is 3.11. The van der Waals surface area contributed by atoms with Crippen molar-refractivity contribution >= 4 is 23.5 Å². The van der Waals surface area contributed by atoms with Crippen LogP contribution < -0.4 is 0 Å². The van der Waals surface area contributed by atoms with Crippen LogP contribution in [0, 0.1) is 5.92 Å². The van der Waals surface area contributed by atoms with Crippen molar-refractivity contribution in [2.75, 3.05) is 6.54 Å². The quantitative estimate of drug-likeness (QED) is 0.850. The maximum atomic E-state index is 12.5. The molecule has 1 aromatic rings. The van der Waals surface area contributed by atoms with E-state index in [4.69, 9.17) is 16.7 Å². The first-order valence-corrected chi connectivity index (χ1v) is 7.34. The molecule has 0 fully saturated rings. The molecule has 0 saturated heterocycles. The van der Waals surface area contributed by atoms with Crippen molar-refractivity contribution in [3.63, 3.8) is 0 Å². The standard InChI is InChI=1S/C16H18ClNO3/c17-14-8-6-12(7-9-14)10-18(11-15(19)20)16(21)13-4-2-1-3-5-13/h1-2,6-9,13H,3-5,10-11H2,(H,19,20). The lowest BCUT2D eigenvalue weighted by molar-refractivity contribution is -0.147. The van der Waals surface area contributed by atoms with Crippen LogP contribution in [0.1, 0.15) is 24.8 Å². The number of halogens is 1. The molecule has 0 bridgehead atoms. The molecule has 5 heteroatoms. The van der Waals surface area contributed by atoms with Crippen molar-refractivity contribution in [1.82, 2.24) is 4.90 Å². The number of carbonyl (C=O) groups is 2. The van der Waals surface area contributed by atoms with Gasteiger partial charge >= 0.3 is 5.97 Å². The summed E-state index contributed by atoms with van der Waals surface area (Å²) in [7, 11) is 0. The zero-order chi connectivity index (χ0) is 15.2. The van der Waals surface area contributed by atoms with E-state index in [1.54, 1.807) is 12.1 Å². The first-order valence-electron chi connectivity index (χ1n) is 6.96. The number of rotatable bonds is 5. The lowest BCUT2D eigenvalue weighted by atomic mass is 9.93. The van der Waals surface area contributed by atoms with Gasteiger partial charge in [-0.15, -0.1) is 0 Å². The van der Waals surface area contributed by atoms with Crippen LogP contribution in [0.5, 0.6) is 0 Å². The highest BCUT2D eigenvalue weighted by Crippen LogP contribution is 2.22. The van der Waals surface area contributed by atoms with E-state index >= 15 is 0 Å². The molecule has 112 valence electrons. The molecule has 1 unspecified atom stereocenters. The highest BCUT2D eigenvalue weighted by Gasteiger charge is 2.25. The Hall–Kier alpha value is -1.81. The van der Waals surface area contributed by atoms with Crippen molar-refractivity contribution in [1.29, 1.82) is 0 Å². The largest absolute Gasteiger partial charge is 0.480 e. The zero-order valence-corrected chi connectivity index (χ0v) is 12.4. The molecule has 1 atom stereocenters. The lowest BCUT2D eigenvalue weighted by Gasteiger charge is -2.26. The molecular formula is C16H18ClNO3. The van der Waals surface area contributed by atoms with Crippen molar-refractivity contribution in [3.05, 3.63) is 47.0 Å². The summed E-state index contributed by atoms with van der Waals surface area (Å²) in [5, 5.41) is 9.64. The van der Waals surface area contributed by atoms with E-state index in [9.17, 15) is 9.59 Å². The molecule has 1 aliphatic carbocycles. The third-order valence-corrected chi connectivity index (χ3v) is 3.79. The lowest BCUT2D eigenvalue weighted by Crippen LogP contribution is -2.39. The zero-order valence-electron chi connectivity index (χ0n) is 11.7. The van der Waals surface area contributed by atoms with Gasteiger partial charge in [-0.1, -0.05) is 35.9 Å². The Balaban J connectivity index is 2.09. The number of carboxylic acid groups (broad SMARTS) is 1. The highest BCUT2D eigenvalue weighted by molar-refractivity contribution is 6.30. The Labute approximate surface area is 129 Å². The molecule has 1 aliphatic rings. The average Bonchev–Trinajstić information content (AvgIpc) is 2.48. The van der Waals surface area contributed by atoms with Gasteiger partial charge in [0.25, 0.3) is 0 Å². The van der Waals surface area contributed by atoms with Crippen LogP contribution in [0.15, 0.2) is 36.4 Å². The number of carboxylic acids is 1. The van der Waals surface area contributed by atoms with Gasteiger partial charge in [0, 0.05) is 17.5 Å². The van der Waals surface area contributed by atoms with E-state index in [0.717, 1.165) is 18.4 Å². The molecule has 1 N–H and O–H groups in total. The van der Waals surface area contributed by atoms with Gasteiger partial charge in [-0.25, -0.2) is 0 Å². The van der Waals surface area contributed by atoms with Gasteiger partial charge in [-0.05, 0) is 37.0 Å². The maximum Gasteiger partial charge on any atom is 0.323 e. The molecule has 0 radical (unpaired) electrons. The fourth-order valence-corrected chi connectivity index (χ4v) is 2.59. The van der Waals surface area contributed by atoms with Crippen molar-refractivity contribution in [2.24, 2.45) is 5.92 Å². The SMILES string of the molecule is O=C(O)CN(Cc1ccc(Cl)cc1)C(=O)C1CC=CCC1. The molecule has 4 nitrogen and oxygen atoms in total. The second kappa shape index (κ2) is 7.27. The molecule has 0 spiro atoms. The van der Waals surface area contributed by atoms with Gasteiger partial charge in [0.1, 0.15) is 6.54 Å². The molecule has 0 heterocycles. The molecule has 1 amide bonds. The van der Waals surface area contributed by atoms with Gasteiger partial charge in [-0.2, -0.15) is 0 Å². The fourth-order valence-electron chi connectivity index (χ4n) is 2.46. The van der Waals surface area contributed by atoms with E-state index in [-0.39, 0.29) is 18.4 Å². The Bertz CT molecular complexity index is 539. The fraction of sp³-hybridized carbons (Fsp3) is 0.375. The number of aliphatic carboxylic acids is 1. The van der Waals surface area contributed by atoms with Crippen LogP contribution in [0.25, 0.3) is 0 Å². The summed E-state index contributed by atoms with van der Waals surface area (Å²) >= 11 is 5.83. The van der Waals surface area contributed by atoms with Gasteiger partial charge in [-0.3, -0.25) is 9.59 Å². The Morgan fingerprint density at radius 3 is 2.52 bits per heavy atom. The first kappa shape index (κ1) is 15.6. The summed E-state index contributed by atoms with van der Waals surface area (Å²) in [5.41, 5.74) is 0.875. The minimum absolute atomic E-state index is 0.0864. The van der Waals surface area contributed by atoms with Gasteiger partial charge in [0.2, 0.25) is 5.91 Å². The molecule has 1 aromatic carbocycles. The molecule has 2 rings (SSSR count). The molecular weight excluding hydrogens is 290 g/mol. The van der Waals surface area contributed by atoms with E-state index in [1.165, 1.54) is 4.90 Å². The number of benzene rings is 1. The van der Waals surface area contributed by atoms with Crippen LogP contribution >= 0.6 is 11.6 Å². The van der Waals surface area contributed by atoms with E-state index in [2.05, 4.69) is 6.08 Å². The van der Waals surface area contributed by atoms with Gasteiger partial charge in [0.05, 0.1) is 0 Å². The summed E-state index contributed by atoms with van der Waals surface area (Å²) in [4.78, 5) is 24.9. The summed E-state index contributed by atoms with van der Waals surface area (Å²) in [6.07, 6.45) is 6.40. The van der Waals surface area contributed by atoms with Crippen LogP contribution in [-0.4, -0.2) is 28.4 Å². The number of nitrogens with zero attached hydrogens (tertiary/aromatic N) is 1. The number of allylic oxidation sites excluding steroid dienone is 2. The Morgan fingerprint density at radius 2 is 1.95 bits per heavy atom. The molecule has 0 saturated carbocycles. The number of amides is 1. The number of hydrogen-bond acceptors (Lipinski definition) is 2. The summed E-state index contributed by atoms with van der Waals surface area (Å²) in [6.45, 7) is 0.0180. The highest BCUT2D eigenvalue weighted by atomic mass is 35.5. The second-order valence-corrected chi connectivity index (χ2v) is 5.63. The summed E-state index contributed by atoms with van der Waals surface area (Å²) in [5.74, 6) is -1.19. The van der Waals surface area contributed by atoms with E-state index < -0.39 is 5.97 Å². The normalized spacial score (nSPS) is 17.5. The van der Waals surface area contributed by atoms with Crippen LogP contribution in [0.3, 0.4) is 0 Å². The predicted molar refractivity (Wildman–Crippen MR) is 81.0 cm³/mol. The third-order valence-electron chi connectivity index (χ3n) is 3.54. The van der Waals surface area contributed by atoms with Crippen LogP contribution in [-0.2, 0) is 16.1 Å². The third kappa shape index (κ3) is 4.60. The summed E-state index contributed by atoms with van der Waals surface area (Å²) < 4.78 is 0. The van der Waals surface area contributed by atoms with Crippen LogP contribution in [0.4, 0.5) is 0 Å². The maximum absolute atomic E-state index is 12.5. The topological polar surface area (TPSA) is 57.6 Å². The first-order chi connectivity index (χ1) is 10.1. The number of carbonyl (C=O) groups excluding carboxylic acids is 1.